The molecule has 2 aromatic rings. The summed E-state index contributed by atoms with van der Waals surface area (Å²) in [6.45, 7) is 0.171. The van der Waals surface area contributed by atoms with Crippen molar-refractivity contribution in [3.05, 3.63) is 48.0 Å². The molecule has 1 N–H and O–H groups in total. The summed E-state index contributed by atoms with van der Waals surface area (Å²) >= 11 is 0. The molecule has 0 atom stereocenters. The number of hydrogen-bond acceptors (Lipinski definition) is 2. The van der Waals surface area contributed by atoms with E-state index in [0.29, 0.717) is 11.6 Å². The van der Waals surface area contributed by atoms with Crippen molar-refractivity contribution in [1.29, 1.82) is 0 Å². The zero-order chi connectivity index (χ0) is 13.2. The van der Waals surface area contributed by atoms with Gasteiger partial charge in [0.25, 0.3) is 0 Å². The zero-order valence-corrected chi connectivity index (χ0v) is 10.3. The minimum Gasteiger partial charge on any atom is -0.324 e. The third kappa shape index (κ3) is 2.99. The first-order valence-corrected chi connectivity index (χ1v) is 6.29. The number of halogens is 1. The van der Waals surface area contributed by atoms with Crippen molar-refractivity contribution in [2.24, 2.45) is 0 Å². The van der Waals surface area contributed by atoms with Gasteiger partial charge in [-0.1, -0.05) is 0 Å². The molecule has 1 amide bonds. The quantitative estimate of drug-likeness (QED) is 0.917. The van der Waals surface area contributed by atoms with E-state index in [1.165, 1.54) is 37.1 Å². The van der Waals surface area contributed by atoms with E-state index in [2.05, 4.69) is 10.4 Å². The smallest absolute Gasteiger partial charge is 0.246 e. The summed E-state index contributed by atoms with van der Waals surface area (Å²) in [5, 5.41) is 7.07. The predicted molar refractivity (Wildman–Crippen MR) is 69.2 cm³/mol. The minimum absolute atomic E-state index is 0.169. The van der Waals surface area contributed by atoms with Crippen molar-refractivity contribution >= 4 is 11.6 Å². The Kier molecular flexibility index (Phi) is 3.03. The monoisotopic (exact) mass is 259 g/mol. The highest BCUT2D eigenvalue weighted by atomic mass is 19.1. The number of nitrogens with one attached hydrogen (secondary N) is 1. The Morgan fingerprint density at radius 1 is 1.32 bits per heavy atom. The summed E-state index contributed by atoms with van der Waals surface area (Å²) in [6, 6.07) is 7.66. The molecule has 1 aromatic heterocycles. The van der Waals surface area contributed by atoms with Crippen molar-refractivity contribution in [1.82, 2.24) is 9.78 Å². The fourth-order valence-electron chi connectivity index (χ4n) is 1.94. The molecule has 4 nitrogen and oxygen atoms in total. The van der Waals surface area contributed by atoms with Gasteiger partial charge < -0.3 is 5.32 Å². The van der Waals surface area contributed by atoms with E-state index < -0.39 is 0 Å². The molecule has 1 aliphatic rings. The molecule has 1 fully saturated rings. The maximum absolute atomic E-state index is 12.7. The minimum atomic E-state index is -0.320. The first-order valence-electron chi connectivity index (χ1n) is 6.29. The van der Waals surface area contributed by atoms with Gasteiger partial charge in [0.05, 0.1) is 5.69 Å². The Morgan fingerprint density at radius 2 is 2.05 bits per heavy atom. The number of benzene rings is 1. The summed E-state index contributed by atoms with van der Waals surface area (Å²) in [5.41, 5.74) is 1.65. The molecule has 98 valence electrons. The number of amides is 1. The number of carbonyl (C=O) groups excluding carboxylic acids is 1. The number of carbonyl (C=O) groups is 1. The van der Waals surface area contributed by atoms with Crippen LogP contribution in [0.3, 0.4) is 0 Å². The lowest BCUT2D eigenvalue weighted by Gasteiger charge is -2.05. The summed E-state index contributed by atoms with van der Waals surface area (Å²) in [6.07, 6.45) is 4.20. The molecule has 0 bridgehead atoms. The van der Waals surface area contributed by atoms with Gasteiger partial charge in [0.15, 0.2) is 0 Å². The van der Waals surface area contributed by atoms with Gasteiger partial charge in [0.1, 0.15) is 12.4 Å². The highest BCUT2D eigenvalue weighted by Crippen LogP contribution is 2.38. The molecule has 0 aliphatic heterocycles. The molecule has 5 heteroatoms. The van der Waals surface area contributed by atoms with Crippen molar-refractivity contribution in [2.75, 3.05) is 5.32 Å². The van der Waals surface area contributed by atoms with Gasteiger partial charge in [-0.15, -0.1) is 0 Å². The Morgan fingerprint density at radius 3 is 2.74 bits per heavy atom. The van der Waals surface area contributed by atoms with E-state index in [9.17, 15) is 9.18 Å². The van der Waals surface area contributed by atoms with Crippen LogP contribution in [0.4, 0.5) is 10.1 Å². The molecule has 1 aromatic carbocycles. The van der Waals surface area contributed by atoms with Gasteiger partial charge in [0, 0.05) is 17.8 Å². The normalized spacial score (nSPS) is 14.4. The number of nitrogens with zero attached hydrogens (tertiary/aromatic N) is 2. The van der Waals surface area contributed by atoms with Crippen molar-refractivity contribution < 1.29 is 9.18 Å². The van der Waals surface area contributed by atoms with Crippen LogP contribution in [0.1, 0.15) is 24.5 Å². The molecule has 0 saturated heterocycles. The van der Waals surface area contributed by atoms with Gasteiger partial charge in [-0.05, 0) is 43.2 Å². The molecule has 1 heterocycles. The lowest BCUT2D eigenvalue weighted by Crippen LogP contribution is -2.19. The lowest BCUT2D eigenvalue weighted by molar-refractivity contribution is -0.116. The van der Waals surface area contributed by atoms with E-state index in [1.54, 1.807) is 4.68 Å². The summed E-state index contributed by atoms with van der Waals surface area (Å²) < 4.78 is 14.4. The highest BCUT2D eigenvalue weighted by molar-refractivity contribution is 5.90. The second kappa shape index (κ2) is 4.84. The van der Waals surface area contributed by atoms with E-state index in [0.717, 1.165) is 5.69 Å². The molecule has 3 rings (SSSR count). The lowest BCUT2D eigenvalue weighted by atomic mass is 10.3. The van der Waals surface area contributed by atoms with Gasteiger partial charge >= 0.3 is 0 Å². The Balaban J connectivity index is 1.59. The second-order valence-corrected chi connectivity index (χ2v) is 4.77. The van der Waals surface area contributed by atoms with Crippen molar-refractivity contribution in [2.45, 2.75) is 25.3 Å². The fraction of sp³-hybridized carbons (Fsp3) is 0.286. The molecule has 1 aliphatic carbocycles. The molecular formula is C14H14FN3O. The van der Waals surface area contributed by atoms with Crippen LogP contribution in [0.25, 0.3) is 0 Å². The molecule has 19 heavy (non-hydrogen) atoms. The molecule has 0 unspecified atom stereocenters. The van der Waals surface area contributed by atoms with Gasteiger partial charge in [-0.2, -0.15) is 5.10 Å². The van der Waals surface area contributed by atoms with E-state index in [-0.39, 0.29) is 18.3 Å². The van der Waals surface area contributed by atoms with Crippen LogP contribution in [-0.4, -0.2) is 15.7 Å². The number of aromatic nitrogens is 2. The van der Waals surface area contributed by atoms with Crippen LogP contribution >= 0.6 is 0 Å². The average molecular weight is 259 g/mol. The topological polar surface area (TPSA) is 46.9 Å². The third-order valence-electron chi connectivity index (χ3n) is 3.09. The third-order valence-corrected chi connectivity index (χ3v) is 3.09. The van der Waals surface area contributed by atoms with Crippen LogP contribution < -0.4 is 5.32 Å². The van der Waals surface area contributed by atoms with Crippen LogP contribution in [0.5, 0.6) is 0 Å². The fourth-order valence-corrected chi connectivity index (χ4v) is 1.94. The van der Waals surface area contributed by atoms with E-state index in [4.69, 9.17) is 0 Å². The SMILES string of the molecule is O=C(Cn1ccc(C2CC2)n1)Nc1ccc(F)cc1. The largest absolute Gasteiger partial charge is 0.324 e. The van der Waals surface area contributed by atoms with Gasteiger partial charge in [0.2, 0.25) is 5.91 Å². The summed E-state index contributed by atoms with van der Waals surface area (Å²) in [4.78, 5) is 11.8. The molecule has 0 spiro atoms. The zero-order valence-electron chi connectivity index (χ0n) is 10.3. The highest BCUT2D eigenvalue weighted by Gasteiger charge is 2.25. The Hall–Kier alpha value is -2.17. The van der Waals surface area contributed by atoms with E-state index in [1.807, 2.05) is 12.3 Å². The number of hydrogen-bond donors (Lipinski definition) is 1. The maximum atomic E-state index is 12.7. The predicted octanol–water partition coefficient (Wildman–Crippen LogP) is 2.54. The summed E-state index contributed by atoms with van der Waals surface area (Å²) in [7, 11) is 0. The Bertz CT molecular complexity index is 587. The van der Waals surface area contributed by atoms with Gasteiger partial charge in [-0.3, -0.25) is 9.48 Å². The number of anilines is 1. The summed E-state index contributed by atoms with van der Waals surface area (Å²) in [5.74, 6) is 0.0950. The number of rotatable bonds is 4. The molecular weight excluding hydrogens is 245 g/mol. The molecule has 1 saturated carbocycles. The standard InChI is InChI=1S/C14H14FN3O/c15-11-3-5-12(6-4-11)16-14(19)9-18-8-7-13(17-18)10-1-2-10/h3-8,10H,1-2,9H2,(H,16,19). The maximum Gasteiger partial charge on any atom is 0.246 e. The van der Waals surface area contributed by atoms with Crippen molar-refractivity contribution in [3.8, 4) is 0 Å². The van der Waals surface area contributed by atoms with Crippen molar-refractivity contribution in [3.63, 3.8) is 0 Å². The Labute approximate surface area is 110 Å². The first kappa shape index (κ1) is 11.9. The van der Waals surface area contributed by atoms with Gasteiger partial charge in [-0.25, -0.2) is 4.39 Å². The first-order chi connectivity index (χ1) is 9.20. The van der Waals surface area contributed by atoms with E-state index >= 15 is 0 Å². The van der Waals surface area contributed by atoms with Crippen LogP contribution in [-0.2, 0) is 11.3 Å². The molecule has 0 radical (unpaired) electrons. The second-order valence-electron chi connectivity index (χ2n) is 4.77. The van der Waals surface area contributed by atoms with Crippen LogP contribution in [0.15, 0.2) is 36.5 Å². The van der Waals surface area contributed by atoms with Crippen LogP contribution in [0, 0.1) is 5.82 Å². The van der Waals surface area contributed by atoms with Crippen LogP contribution in [0.2, 0.25) is 0 Å². The average Bonchev–Trinajstić information content (AvgIpc) is 3.14.